The largest absolute Gasteiger partial charge is 0.353 e. The lowest BCUT2D eigenvalue weighted by atomic mass is 10.1. The number of carbonyl (C=O) groups is 1. The minimum Gasteiger partial charge on any atom is -0.288 e. The van der Waals surface area contributed by atoms with Crippen molar-refractivity contribution in [3.8, 4) is 0 Å². The lowest BCUT2D eigenvalue weighted by molar-refractivity contribution is -0.141. The summed E-state index contributed by atoms with van der Waals surface area (Å²) in [5.74, 6) is -6.26. The number of rotatable bonds is 4. The number of H-pyrrole nitrogens is 1. The fourth-order valence-corrected chi connectivity index (χ4v) is 1.89. The first-order valence-electron chi connectivity index (χ1n) is 6.35. The van der Waals surface area contributed by atoms with Crippen molar-refractivity contribution >= 4 is 11.9 Å². The Labute approximate surface area is 117 Å². The smallest absolute Gasteiger partial charge is 0.288 e. The molecule has 2 aromatic rings. The minimum absolute atomic E-state index is 0.238. The zero-order valence-electron chi connectivity index (χ0n) is 10.7. The van der Waals surface area contributed by atoms with Gasteiger partial charge in [0.15, 0.2) is 0 Å². The van der Waals surface area contributed by atoms with E-state index in [4.69, 9.17) is 0 Å². The number of hydrogen-bond acceptors (Lipinski definition) is 3. The molecule has 0 spiro atoms. The molecule has 1 fully saturated rings. The quantitative estimate of drug-likeness (QED) is 0.911. The lowest BCUT2D eigenvalue weighted by Crippen LogP contribution is -2.33. The van der Waals surface area contributed by atoms with Crippen molar-refractivity contribution < 1.29 is 18.0 Å². The average Bonchev–Trinajstić information content (AvgIpc) is 3.20. The van der Waals surface area contributed by atoms with Gasteiger partial charge in [-0.05, 0) is 25.0 Å². The first-order valence-corrected chi connectivity index (χ1v) is 6.35. The second kappa shape index (κ2) is 4.87. The van der Waals surface area contributed by atoms with E-state index in [9.17, 15) is 18.0 Å². The highest BCUT2D eigenvalue weighted by atomic mass is 19.3. The molecule has 1 aromatic heterocycles. The van der Waals surface area contributed by atoms with Gasteiger partial charge in [0.1, 0.15) is 11.6 Å². The number of anilines is 1. The number of aromatic amines is 1. The van der Waals surface area contributed by atoms with Gasteiger partial charge in [-0.3, -0.25) is 15.2 Å². The van der Waals surface area contributed by atoms with Crippen LogP contribution < -0.4 is 5.32 Å². The number of amides is 1. The fourth-order valence-electron chi connectivity index (χ4n) is 1.89. The molecule has 5 nitrogen and oxygen atoms in total. The van der Waals surface area contributed by atoms with Crippen molar-refractivity contribution in [3.05, 3.63) is 41.5 Å². The first kappa shape index (κ1) is 13.6. The summed E-state index contributed by atoms with van der Waals surface area (Å²) in [5.41, 5.74) is -0.986. The summed E-state index contributed by atoms with van der Waals surface area (Å²) >= 11 is 0. The van der Waals surface area contributed by atoms with Crippen LogP contribution in [0.5, 0.6) is 0 Å². The van der Waals surface area contributed by atoms with E-state index < -0.39 is 23.2 Å². The molecular formula is C13H11F3N4O. The Bertz CT molecular complexity index is 682. The summed E-state index contributed by atoms with van der Waals surface area (Å²) in [7, 11) is 0. The number of aromatic nitrogens is 3. The molecule has 1 aliphatic rings. The van der Waals surface area contributed by atoms with Crippen molar-refractivity contribution in [2.24, 2.45) is 0 Å². The van der Waals surface area contributed by atoms with Crippen LogP contribution in [0.4, 0.5) is 19.1 Å². The second-order valence-electron chi connectivity index (χ2n) is 4.83. The van der Waals surface area contributed by atoms with E-state index in [1.54, 1.807) is 0 Å². The van der Waals surface area contributed by atoms with E-state index in [0.717, 1.165) is 25.0 Å². The molecule has 0 saturated heterocycles. The van der Waals surface area contributed by atoms with Crippen LogP contribution >= 0.6 is 0 Å². The Morgan fingerprint density at radius 2 is 2.05 bits per heavy atom. The lowest BCUT2D eigenvalue weighted by Gasteiger charge is -2.15. The van der Waals surface area contributed by atoms with Crippen LogP contribution in [0, 0.1) is 5.82 Å². The highest BCUT2D eigenvalue weighted by Crippen LogP contribution is 2.38. The molecule has 21 heavy (non-hydrogen) atoms. The van der Waals surface area contributed by atoms with Crippen molar-refractivity contribution in [2.75, 3.05) is 5.32 Å². The molecule has 0 bridgehead atoms. The van der Waals surface area contributed by atoms with Gasteiger partial charge in [-0.15, -0.1) is 5.10 Å². The van der Waals surface area contributed by atoms with Gasteiger partial charge in [0.25, 0.3) is 0 Å². The highest BCUT2D eigenvalue weighted by molar-refractivity contribution is 5.95. The van der Waals surface area contributed by atoms with Crippen LogP contribution in [0.2, 0.25) is 0 Å². The van der Waals surface area contributed by atoms with Gasteiger partial charge >= 0.3 is 11.8 Å². The van der Waals surface area contributed by atoms with E-state index in [1.165, 1.54) is 12.1 Å². The zero-order valence-corrected chi connectivity index (χ0v) is 10.7. The molecule has 1 heterocycles. The van der Waals surface area contributed by atoms with Gasteiger partial charge in [0.2, 0.25) is 5.95 Å². The molecule has 1 aliphatic carbocycles. The zero-order chi connectivity index (χ0) is 15.0. The average molecular weight is 296 g/mol. The van der Waals surface area contributed by atoms with E-state index in [2.05, 4.69) is 15.2 Å². The first-order chi connectivity index (χ1) is 9.98. The summed E-state index contributed by atoms with van der Waals surface area (Å²) in [6.07, 6.45) is 1.90. The molecule has 2 N–H and O–H groups in total. The van der Waals surface area contributed by atoms with Crippen LogP contribution in [0.15, 0.2) is 24.3 Å². The van der Waals surface area contributed by atoms with Gasteiger partial charge in [-0.2, -0.15) is 13.8 Å². The topological polar surface area (TPSA) is 70.7 Å². The number of benzene rings is 1. The maximum Gasteiger partial charge on any atom is 0.353 e. The Balaban J connectivity index is 1.78. The van der Waals surface area contributed by atoms with Crippen molar-refractivity contribution in [1.82, 2.24) is 15.2 Å². The third-order valence-corrected chi connectivity index (χ3v) is 3.19. The third-order valence-electron chi connectivity index (χ3n) is 3.19. The van der Waals surface area contributed by atoms with Crippen LogP contribution in [0.25, 0.3) is 0 Å². The Morgan fingerprint density at radius 3 is 2.71 bits per heavy atom. The molecule has 1 saturated carbocycles. The maximum atomic E-state index is 14.0. The summed E-state index contributed by atoms with van der Waals surface area (Å²) < 4.78 is 41.3. The predicted octanol–water partition coefficient (Wildman–Crippen LogP) is 2.55. The number of nitrogens with one attached hydrogen (secondary N) is 2. The van der Waals surface area contributed by atoms with Gasteiger partial charge < -0.3 is 0 Å². The minimum atomic E-state index is -4.01. The molecule has 0 radical (unpaired) electrons. The van der Waals surface area contributed by atoms with Gasteiger partial charge in [0.05, 0.1) is 5.56 Å². The molecule has 1 aromatic carbocycles. The van der Waals surface area contributed by atoms with Gasteiger partial charge in [-0.1, -0.05) is 12.1 Å². The molecule has 8 heteroatoms. The maximum absolute atomic E-state index is 14.0. The summed E-state index contributed by atoms with van der Waals surface area (Å²) in [4.78, 5) is 15.6. The summed E-state index contributed by atoms with van der Waals surface area (Å²) in [6, 6.07) is 4.23. The fraction of sp³-hybridized carbons (Fsp3) is 0.308. The predicted molar refractivity (Wildman–Crippen MR) is 67.3 cm³/mol. The normalized spacial score (nSPS) is 15.0. The molecule has 110 valence electrons. The number of halogens is 3. The van der Waals surface area contributed by atoms with Crippen LogP contribution in [0.1, 0.15) is 30.1 Å². The van der Waals surface area contributed by atoms with Crippen LogP contribution in [-0.4, -0.2) is 21.1 Å². The Hall–Kier alpha value is -2.38. The number of hydrogen-bond donors (Lipinski definition) is 2. The van der Waals surface area contributed by atoms with Crippen molar-refractivity contribution in [3.63, 3.8) is 0 Å². The SMILES string of the molecule is O=C(Nc1n[nH]c(C2CC2)n1)C(F)(F)c1ccccc1F. The number of nitrogens with zero attached hydrogens (tertiary/aromatic N) is 2. The molecule has 3 rings (SSSR count). The third kappa shape index (κ3) is 2.61. The van der Waals surface area contributed by atoms with E-state index in [0.29, 0.717) is 5.82 Å². The molecule has 1 amide bonds. The Morgan fingerprint density at radius 1 is 1.33 bits per heavy atom. The highest BCUT2D eigenvalue weighted by Gasteiger charge is 2.43. The Kier molecular flexibility index (Phi) is 3.15. The monoisotopic (exact) mass is 296 g/mol. The van der Waals surface area contributed by atoms with Crippen LogP contribution in [0.3, 0.4) is 0 Å². The van der Waals surface area contributed by atoms with E-state index in [-0.39, 0.29) is 11.9 Å². The van der Waals surface area contributed by atoms with Crippen molar-refractivity contribution in [2.45, 2.75) is 24.7 Å². The molecule has 0 atom stereocenters. The summed E-state index contributed by atoms with van der Waals surface area (Å²) in [5, 5.41) is 8.13. The molecule has 0 aliphatic heterocycles. The number of carbonyl (C=O) groups excluding carboxylic acids is 1. The van der Waals surface area contributed by atoms with Crippen molar-refractivity contribution in [1.29, 1.82) is 0 Å². The van der Waals surface area contributed by atoms with Gasteiger partial charge in [0, 0.05) is 5.92 Å². The second-order valence-corrected chi connectivity index (χ2v) is 4.83. The van der Waals surface area contributed by atoms with Gasteiger partial charge in [-0.25, -0.2) is 4.39 Å². The van der Waals surface area contributed by atoms with E-state index >= 15 is 0 Å². The molecule has 0 unspecified atom stereocenters. The van der Waals surface area contributed by atoms with Crippen LogP contribution in [-0.2, 0) is 10.7 Å². The summed E-state index contributed by atoms with van der Waals surface area (Å²) in [6.45, 7) is 0. The number of alkyl halides is 2. The van der Waals surface area contributed by atoms with E-state index in [1.807, 2.05) is 5.32 Å². The standard InChI is InChI=1S/C13H11F3N4O/c14-9-4-2-1-3-8(9)13(15,16)11(21)18-12-17-10(19-20-12)7-5-6-7/h1-4,7H,5-6H2,(H2,17,18,19,20,21). The molecular weight excluding hydrogens is 285 g/mol.